The monoisotopic (exact) mass is 202 g/mol. The highest BCUT2D eigenvalue weighted by Crippen LogP contribution is 2.28. The van der Waals surface area contributed by atoms with Gasteiger partial charge < -0.3 is 0 Å². The van der Waals surface area contributed by atoms with Gasteiger partial charge in [-0.25, -0.2) is 0 Å². The van der Waals surface area contributed by atoms with Crippen LogP contribution in [0.5, 0.6) is 0 Å². The third-order valence-electron chi connectivity index (χ3n) is 2.21. The first-order chi connectivity index (χ1) is 6.77. The van der Waals surface area contributed by atoms with E-state index in [0.29, 0.717) is 0 Å². The van der Waals surface area contributed by atoms with Gasteiger partial charge in [0.25, 0.3) is 0 Å². The molecule has 0 nitrogen and oxygen atoms in total. The van der Waals surface area contributed by atoms with Crippen molar-refractivity contribution >= 4 is 11.6 Å². The molecule has 0 saturated carbocycles. The van der Waals surface area contributed by atoms with Crippen LogP contribution in [0.1, 0.15) is 5.56 Å². The lowest BCUT2D eigenvalue weighted by Crippen LogP contribution is -1.80. The number of hydrogen-bond acceptors (Lipinski definition) is 0. The van der Waals surface area contributed by atoms with E-state index >= 15 is 0 Å². The maximum absolute atomic E-state index is 6.13. The van der Waals surface area contributed by atoms with Gasteiger partial charge in [0.15, 0.2) is 0 Å². The molecule has 1 heteroatoms. The van der Waals surface area contributed by atoms with E-state index in [1.807, 2.05) is 30.3 Å². The first kappa shape index (κ1) is 9.29. The van der Waals surface area contributed by atoms with E-state index < -0.39 is 0 Å². The summed E-state index contributed by atoms with van der Waals surface area (Å²) < 4.78 is 0. The van der Waals surface area contributed by atoms with Crippen molar-refractivity contribution in [3.63, 3.8) is 0 Å². The molecule has 2 rings (SSSR count). The summed E-state index contributed by atoms with van der Waals surface area (Å²) in [6.07, 6.45) is 0. The third kappa shape index (κ3) is 1.80. The minimum absolute atomic E-state index is 0.807. The van der Waals surface area contributed by atoms with Crippen LogP contribution in [-0.4, -0.2) is 0 Å². The summed E-state index contributed by atoms with van der Waals surface area (Å²) in [4.78, 5) is 0. The number of aryl methyl sites for hydroxylation is 1. The Hall–Kier alpha value is -1.27. The first-order valence-corrected chi connectivity index (χ1v) is 4.97. The Morgan fingerprint density at radius 3 is 2.36 bits per heavy atom. The van der Waals surface area contributed by atoms with Crippen molar-refractivity contribution < 1.29 is 0 Å². The van der Waals surface area contributed by atoms with Crippen molar-refractivity contribution in [3.8, 4) is 11.1 Å². The number of benzene rings is 2. The predicted molar refractivity (Wildman–Crippen MR) is 61.6 cm³/mol. The molecule has 0 N–H and O–H groups in total. The van der Waals surface area contributed by atoms with Crippen LogP contribution < -0.4 is 0 Å². The molecule has 14 heavy (non-hydrogen) atoms. The van der Waals surface area contributed by atoms with Gasteiger partial charge in [0.2, 0.25) is 0 Å². The molecule has 0 radical (unpaired) electrons. The Morgan fingerprint density at radius 1 is 0.929 bits per heavy atom. The van der Waals surface area contributed by atoms with E-state index in [2.05, 4.69) is 25.1 Å². The van der Waals surface area contributed by atoms with Crippen LogP contribution >= 0.6 is 11.6 Å². The fraction of sp³-hybridized carbons (Fsp3) is 0.0769. The van der Waals surface area contributed by atoms with E-state index in [1.54, 1.807) is 0 Å². The van der Waals surface area contributed by atoms with Crippen molar-refractivity contribution in [2.45, 2.75) is 6.92 Å². The molecular weight excluding hydrogens is 192 g/mol. The van der Waals surface area contributed by atoms with Gasteiger partial charge in [-0.1, -0.05) is 53.6 Å². The molecule has 0 aliphatic rings. The molecule has 0 bridgehead atoms. The van der Waals surface area contributed by atoms with Crippen LogP contribution in [0.15, 0.2) is 48.5 Å². The van der Waals surface area contributed by atoms with E-state index in [0.717, 1.165) is 10.6 Å². The van der Waals surface area contributed by atoms with Crippen molar-refractivity contribution in [2.75, 3.05) is 0 Å². The van der Waals surface area contributed by atoms with Gasteiger partial charge in [0, 0.05) is 10.6 Å². The molecule has 0 amide bonds. The summed E-state index contributed by atoms with van der Waals surface area (Å²) in [6.45, 7) is 2.07. The average Bonchev–Trinajstić information content (AvgIpc) is 2.23. The van der Waals surface area contributed by atoms with Crippen LogP contribution in [0.25, 0.3) is 11.1 Å². The lowest BCUT2D eigenvalue weighted by atomic mass is 10.0. The molecule has 0 saturated heterocycles. The van der Waals surface area contributed by atoms with Crippen molar-refractivity contribution in [2.24, 2.45) is 0 Å². The van der Waals surface area contributed by atoms with Crippen molar-refractivity contribution in [1.29, 1.82) is 0 Å². The fourth-order valence-electron chi connectivity index (χ4n) is 1.48. The molecule has 0 aromatic heterocycles. The molecule has 2 aromatic rings. The van der Waals surface area contributed by atoms with E-state index in [1.165, 1.54) is 11.1 Å². The topological polar surface area (TPSA) is 0 Å². The molecule has 0 heterocycles. The maximum atomic E-state index is 6.13. The zero-order valence-electron chi connectivity index (χ0n) is 8.00. The molecule has 0 aliphatic heterocycles. The summed E-state index contributed by atoms with van der Waals surface area (Å²) >= 11 is 6.13. The zero-order valence-corrected chi connectivity index (χ0v) is 8.75. The average molecular weight is 203 g/mol. The van der Waals surface area contributed by atoms with Crippen LogP contribution in [0, 0.1) is 6.92 Å². The third-order valence-corrected chi connectivity index (χ3v) is 2.54. The summed E-state index contributed by atoms with van der Waals surface area (Å²) in [5, 5.41) is 0.807. The minimum atomic E-state index is 0.807. The van der Waals surface area contributed by atoms with Gasteiger partial charge in [-0.15, -0.1) is 0 Å². The molecule has 0 aliphatic carbocycles. The van der Waals surface area contributed by atoms with Gasteiger partial charge in [0.1, 0.15) is 0 Å². The second-order valence-corrected chi connectivity index (χ2v) is 3.76. The Labute approximate surface area is 89.2 Å². The van der Waals surface area contributed by atoms with Gasteiger partial charge >= 0.3 is 0 Å². The highest BCUT2D eigenvalue weighted by molar-refractivity contribution is 6.33. The van der Waals surface area contributed by atoms with E-state index in [9.17, 15) is 0 Å². The molecule has 70 valence electrons. The highest BCUT2D eigenvalue weighted by Gasteiger charge is 2.01. The zero-order chi connectivity index (χ0) is 9.97. The molecule has 2 aromatic carbocycles. The maximum Gasteiger partial charge on any atom is 0.0484 e. The molecular formula is C13H11Cl. The van der Waals surface area contributed by atoms with Crippen LogP contribution in [0.3, 0.4) is 0 Å². The lowest BCUT2D eigenvalue weighted by molar-refractivity contribution is 1.47. The number of halogens is 1. The summed E-state index contributed by atoms with van der Waals surface area (Å²) in [7, 11) is 0. The number of hydrogen-bond donors (Lipinski definition) is 0. The Kier molecular flexibility index (Phi) is 2.55. The largest absolute Gasteiger partial charge is 0.0837 e. The van der Waals surface area contributed by atoms with Gasteiger partial charge in [-0.2, -0.15) is 0 Å². The van der Waals surface area contributed by atoms with Crippen LogP contribution in [0.2, 0.25) is 5.02 Å². The standard InChI is InChI=1S/C13H11Cl/c1-10-7-8-13(14)12(9-10)11-5-3-2-4-6-11/h2-9H,1H3. The van der Waals surface area contributed by atoms with Crippen molar-refractivity contribution in [3.05, 3.63) is 59.1 Å². The van der Waals surface area contributed by atoms with Crippen molar-refractivity contribution in [1.82, 2.24) is 0 Å². The van der Waals surface area contributed by atoms with Gasteiger partial charge in [-0.05, 0) is 24.6 Å². The van der Waals surface area contributed by atoms with Crippen LogP contribution in [0.4, 0.5) is 0 Å². The quantitative estimate of drug-likeness (QED) is 0.646. The summed E-state index contributed by atoms with van der Waals surface area (Å²) in [6, 6.07) is 16.3. The number of rotatable bonds is 1. The lowest BCUT2D eigenvalue weighted by Gasteiger charge is -2.05. The summed E-state index contributed by atoms with van der Waals surface area (Å²) in [5.41, 5.74) is 3.50. The summed E-state index contributed by atoms with van der Waals surface area (Å²) in [5.74, 6) is 0. The highest BCUT2D eigenvalue weighted by atomic mass is 35.5. The van der Waals surface area contributed by atoms with Gasteiger partial charge in [-0.3, -0.25) is 0 Å². The SMILES string of the molecule is Cc1ccc(Cl)c(-c2ccccc2)c1. The van der Waals surface area contributed by atoms with Gasteiger partial charge in [0.05, 0.1) is 0 Å². The second kappa shape index (κ2) is 3.85. The first-order valence-electron chi connectivity index (χ1n) is 4.59. The fourth-order valence-corrected chi connectivity index (χ4v) is 1.70. The molecule has 0 spiro atoms. The second-order valence-electron chi connectivity index (χ2n) is 3.35. The Morgan fingerprint density at radius 2 is 1.64 bits per heavy atom. The minimum Gasteiger partial charge on any atom is -0.0837 e. The van der Waals surface area contributed by atoms with Crippen LogP contribution in [-0.2, 0) is 0 Å². The molecule has 0 unspecified atom stereocenters. The Balaban J connectivity index is 2.57. The van der Waals surface area contributed by atoms with E-state index in [4.69, 9.17) is 11.6 Å². The smallest absolute Gasteiger partial charge is 0.0484 e. The normalized spacial score (nSPS) is 10.1. The Bertz CT molecular complexity index is 432. The molecule has 0 fully saturated rings. The predicted octanol–water partition coefficient (Wildman–Crippen LogP) is 4.32. The molecule has 0 atom stereocenters. The van der Waals surface area contributed by atoms with E-state index in [-0.39, 0.29) is 0 Å².